The maximum absolute atomic E-state index is 13.6. The van der Waals surface area contributed by atoms with E-state index in [9.17, 15) is 16.8 Å². The van der Waals surface area contributed by atoms with Gasteiger partial charge < -0.3 is 63.6 Å². The summed E-state index contributed by atoms with van der Waals surface area (Å²) in [5.74, 6) is -2.97. The second-order valence-corrected chi connectivity index (χ2v) is 18.8. The Morgan fingerprint density at radius 1 is 0.793 bits per heavy atom. The molecule has 23 heteroatoms. The maximum atomic E-state index is 13.6. The molecular formula is C35H44N6O15S2. The summed E-state index contributed by atoms with van der Waals surface area (Å²) in [5.41, 5.74) is 13.1. The molecule has 0 aromatic heterocycles. The highest BCUT2D eigenvalue weighted by atomic mass is 32.2. The number of hydrogen-bond acceptors (Lipinski definition) is 17. The highest BCUT2D eigenvalue weighted by molar-refractivity contribution is 7.92. The third kappa shape index (κ3) is 7.14. The topological polar surface area (TPSA) is 262 Å². The lowest BCUT2D eigenvalue weighted by Crippen LogP contribution is -2.46. The Hall–Kier alpha value is -3.88. The monoisotopic (exact) mass is 852 g/mol. The number of rotatable bonds is 9. The van der Waals surface area contributed by atoms with Gasteiger partial charge in [-0.2, -0.15) is 16.8 Å². The van der Waals surface area contributed by atoms with Gasteiger partial charge in [0.15, 0.2) is 53.8 Å². The van der Waals surface area contributed by atoms with E-state index in [0.717, 1.165) is 4.31 Å². The summed E-state index contributed by atoms with van der Waals surface area (Å²) in [6, 6.07) is 9.52. The van der Waals surface area contributed by atoms with E-state index in [1.165, 1.54) is 6.07 Å². The van der Waals surface area contributed by atoms with Crippen molar-refractivity contribution >= 4 is 43.5 Å². The minimum absolute atomic E-state index is 0.113. The largest absolute Gasteiger partial charge is 0.490 e. The molecule has 0 radical (unpaired) electrons. The molecule has 0 saturated carbocycles. The summed E-state index contributed by atoms with van der Waals surface area (Å²) in [5, 5.41) is 0. The molecule has 9 atom stereocenters. The van der Waals surface area contributed by atoms with Crippen LogP contribution in [0.15, 0.2) is 45.2 Å². The molecule has 2 aromatic rings. The SMILES string of the molecule is CC1(C)O[C@H]2O[C@H]([C@H]3COC(C)(C)O3)[C@H](Oc3cccc4c3C(N)=NS(=O)(=O)N4CO[C@@H]3O[C@H](COc4cccc5c4C(N)=NS(=O)(=O)N5)[C@H]4OC(C)(C)O[C@@H]34)[C@H]2O1. The van der Waals surface area contributed by atoms with Crippen LogP contribution in [0.2, 0.25) is 0 Å². The zero-order chi connectivity index (χ0) is 41.2. The average Bonchev–Trinajstić information content (AvgIpc) is 3.88. The number of nitrogens with two attached hydrogens (primary N) is 2. The molecule has 0 unspecified atom stereocenters. The van der Waals surface area contributed by atoms with E-state index < -0.39 is 99.8 Å². The first kappa shape index (κ1) is 39.6. The third-order valence-electron chi connectivity index (χ3n) is 10.3. The first-order valence-corrected chi connectivity index (χ1v) is 21.3. The normalized spacial score (nSPS) is 35.6. The standard InChI is InChI=1S/C35H44N6O15S2/c1-33(2)48-14-21(52-33)24-26(28-32(51-24)56-35(5,6)55-28)49-19-12-8-10-17-23(19)30(37)40-58(44,45)41(17)15-47-31-27-25(53-34(3,4)54-27)20(50-31)13-46-18-11-7-9-16-22(18)29(36)39-57(42,43)38-16/h7-12,20-21,24-28,31-32,38H,13-15H2,1-6H3,(H2,36,39)(H2,37,40)/t20-,21-,24-,25-,26+,27-,28-,31-,32-/m1/s1. The van der Waals surface area contributed by atoms with Gasteiger partial charge >= 0.3 is 20.4 Å². The molecule has 7 aliphatic rings. The van der Waals surface area contributed by atoms with E-state index in [4.69, 9.17) is 63.6 Å². The van der Waals surface area contributed by atoms with Crippen molar-refractivity contribution in [3.8, 4) is 11.5 Å². The van der Waals surface area contributed by atoms with Gasteiger partial charge in [0.2, 0.25) is 0 Å². The van der Waals surface area contributed by atoms with Gasteiger partial charge in [0, 0.05) is 0 Å². The molecule has 0 spiro atoms. The van der Waals surface area contributed by atoms with Crippen molar-refractivity contribution < 1.29 is 68.9 Å². The maximum Gasteiger partial charge on any atom is 0.348 e. The lowest BCUT2D eigenvalue weighted by atomic mass is 10.0. The van der Waals surface area contributed by atoms with Crippen molar-refractivity contribution in [3.05, 3.63) is 47.5 Å². The third-order valence-corrected chi connectivity index (χ3v) is 12.5. The minimum atomic E-state index is -4.43. The summed E-state index contributed by atoms with van der Waals surface area (Å²) in [6.45, 7) is 10.1. The second kappa shape index (κ2) is 13.6. The molecule has 316 valence electrons. The Balaban J connectivity index is 0.948. The van der Waals surface area contributed by atoms with E-state index >= 15 is 0 Å². The summed E-state index contributed by atoms with van der Waals surface area (Å²) in [6.07, 6.45) is -6.92. The summed E-state index contributed by atoms with van der Waals surface area (Å²) in [7, 11) is -8.44. The molecule has 7 heterocycles. The van der Waals surface area contributed by atoms with E-state index in [1.807, 2.05) is 0 Å². The van der Waals surface area contributed by atoms with Crippen molar-refractivity contribution in [1.29, 1.82) is 0 Å². The first-order chi connectivity index (χ1) is 27.2. The Kier molecular flexibility index (Phi) is 9.26. The van der Waals surface area contributed by atoms with E-state index in [1.54, 1.807) is 71.9 Å². The number of ether oxygens (including phenoxy) is 11. The molecule has 5 fully saturated rings. The Morgan fingerprint density at radius 2 is 1.48 bits per heavy atom. The van der Waals surface area contributed by atoms with Crippen LogP contribution in [-0.2, 0) is 63.1 Å². The van der Waals surface area contributed by atoms with E-state index in [0.29, 0.717) is 0 Å². The molecule has 21 nitrogen and oxygen atoms in total. The average molecular weight is 853 g/mol. The summed E-state index contributed by atoms with van der Waals surface area (Å²) >= 11 is 0. The van der Waals surface area contributed by atoms with Crippen LogP contribution >= 0.6 is 0 Å². The second-order valence-electron chi connectivity index (χ2n) is 15.9. The summed E-state index contributed by atoms with van der Waals surface area (Å²) < 4.78 is 130. The van der Waals surface area contributed by atoms with Crippen molar-refractivity contribution in [3.63, 3.8) is 0 Å². The molecule has 0 amide bonds. The van der Waals surface area contributed by atoms with Crippen molar-refractivity contribution in [2.24, 2.45) is 20.3 Å². The molecule has 2 aromatic carbocycles. The quantitative estimate of drug-likeness (QED) is 0.317. The Morgan fingerprint density at radius 3 is 2.24 bits per heavy atom. The Bertz CT molecular complexity index is 2290. The van der Waals surface area contributed by atoms with E-state index in [2.05, 4.69) is 13.5 Å². The Labute approximate surface area is 334 Å². The zero-order valence-electron chi connectivity index (χ0n) is 32.2. The van der Waals surface area contributed by atoms with Crippen LogP contribution < -0.4 is 30.0 Å². The number of benzene rings is 2. The van der Waals surface area contributed by atoms with Crippen molar-refractivity contribution in [1.82, 2.24) is 0 Å². The van der Waals surface area contributed by atoms with Gasteiger partial charge in [-0.1, -0.05) is 12.1 Å². The fraction of sp³-hybridized carbons (Fsp3) is 0.600. The van der Waals surface area contributed by atoms with Gasteiger partial charge in [0.1, 0.15) is 55.4 Å². The highest BCUT2D eigenvalue weighted by Gasteiger charge is 2.60. The van der Waals surface area contributed by atoms with Gasteiger partial charge in [-0.25, -0.2) is 4.31 Å². The number of fused-ring (bicyclic) bond motifs is 4. The molecule has 7 aliphatic heterocycles. The van der Waals surface area contributed by atoms with Crippen LogP contribution in [0.25, 0.3) is 0 Å². The lowest BCUT2D eigenvalue weighted by molar-refractivity contribution is -0.234. The molecule has 58 heavy (non-hydrogen) atoms. The number of amidine groups is 2. The van der Waals surface area contributed by atoms with E-state index in [-0.39, 0.29) is 58.9 Å². The van der Waals surface area contributed by atoms with Gasteiger partial charge in [-0.05, 0) is 65.8 Å². The predicted octanol–water partition coefficient (Wildman–Crippen LogP) is 0.906. The van der Waals surface area contributed by atoms with Crippen molar-refractivity contribution in [2.75, 3.05) is 29.0 Å². The molecule has 5 N–H and O–H groups in total. The van der Waals surface area contributed by atoms with Gasteiger partial charge in [-0.3, -0.25) is 4.72 Å². The molecule has 0 aliphatic carbocycles. The molecule has 9 rings (SSSR count). The van der Waals surface area contributed by atoms with Gasteiger partial charge in [0.05, 0.1) is 29.1 Å². The van der Waals surface area contributed by atoms with Crippen LogP contribution in [-0.4, -0.2) is 121 Å². The fourth-order valence-corrected chi connectivity index (χ4v) is 9.96. The van der Waals surface area contributed by atoms with Crippen molar-refractivity contribution in [2.45, 2.75) is 114 Å². The van der Waals surface area contributed by atoms with Crippen LogP contribution in [0.1, 0.15) is 52.7 Å². The number of nitrogens with one attached hydrogen (secondary N) is 1. The van der Waals surface area contributed by atoms with Gasteiger partial charge in [-0.15, -0.1) is 8.80 Å². The summed E-state index contributed by atoms with van der Waals surface area (Å²) in [4.78, 5) is 0. The molecule has 5 saturated heterocycles. The zero-order valence-corrected chi connectivity index (χ0v) is 33.9. The first-order valence-electron chi connectivity index (χ1n) is 18.5. The molecular weight excluding hydrogens is 809 g/mol. The highest BCUT2D eigenvalue weighted by Crippen LogP contribution is 2.45. The van der Waals surface area contributed by atoms with Gasteiger partial charge in [0.25, 0.3) is 0 Å². The van der Waals surface area contributed by atoms with Crippen LogP contribution in [0, 0.1) is 0 Å². The van der Waals surface area contributed by atoms with Crippen LogP contribution in [0.4, 0.5) is 11.4 Å². The minimum Gasteiger partial charge on any atom is -0.490 e. The number of nitrogens with zero attached hydrogens (tertiary/aromatic N) is 3. The number of anilines is 2. The predicted molar refractivity (Wildman–Crippen MR) is 200 cm³/mol. The smallest absolute Gasteiger partial charge is 0.348 e. The lowest BCUT2D eigenvalue weighted by Gasteiger charge is -2.32. The fourth-order valence-electron chi connectivity index (χ4n) is 8.09. The molecule has 0 bridgehead atoms. The van der Waals surface area contributed by atoms with Crippen LogP contribution in [0.5, 0.6) is 11.5 Å². The van der Waals surface area contributed by atoms with Crippen LogP contribution in [0.3, 0.4) is 0 Å². The number of hydrogen-bond donors (Lipinski definition) is 3.